The summed E-state index contributed by atoms with van der Waals surface area (Å²) in [5.41, 5.74) is 2.22. The Morgan fingerprint density at radius 3 is 2.47 bits per heavy atom. The lowest BCUT2D eigenvalue weighted by Crippen LogP contribution is -2.16. The number of methoxy groups -OCH3 is 2. The molecule has 0 radical (unpaired) electrons. The minimum absolute atomic E-state index is 0.123. The van der Waals surface area contributed by atoms with Gasteiger partial charge in [-0.2, -0.15) is 0 Å². The Morgan fingerprint density at radius 1 is 1.00 bits per heavy atom. The second-order valence-corrected chi connectivity index (χ2v) is 4.29. The Morgan fingerprint density at radius 2 is 1.79 bits per heavy atom. The van der Waals surface area contributed by atoms with Gasteiger partial charge in [0.05, 0.1) is 19.8 Å². The van der Waals surface area contributed by atoms with E-state index in [9.17, 15) is 0 Å². The van der Waals surface area contributed by atoms with E-state index in [2.05, 4.69) is 17.4 Å². The number of hydrogen-bond acceptors (Lipinski definition) is 3. The van der Waals surface area contributed by atoms with Crippen LogP contribution in [-0.4, -0.2) is 20.8 Å². The monoisotopic (exact) mass is 257 g/mol. The normalized spacial score (nSPS) is 11.9. The minimum Gasteiger partial charge on any atom is -0.497 e. The molecule has 3 heteroatoms. The van der Waals surface area contributed by atoms with Crippen molar-refractivity contribution in [3.63, 3.8) is 0 Å². The Kier molecular flexibility index (Phi) is 4.81. The molecule has 1 unspecified atom stereocenters. The summed E-state index contributed by atoms with van der Waals surface area (Å²) in [5, 5.41) is 3.47. The van der Waals surface area contributed by atoms with Crippen LogP contribution in [0, 0.1) is 0 Å². The second kappa shape index (κ2) is 6.81. The fourth-order valence-electron chi connectivity index (χ4n) is 1.99. The van der Waals surface area contributed by atoms with E-state index in [1.54, 1.807) is 14.2 Å². The molecule has 0 heterocycles. The van der Waals surface area contributed by atoms with E-state index >= 15 is 0 Å². The molecule has 19 heavy (non-hydrogen) atoms. The maximum Gasteiger partial charge on any atom is 0.120 e. The van der Waals surface area contributed by atoms with E-state index in [-0.39, 0.29) is 6.04 Å². The van der Waals surface area contributed by atoms with E-state index in [4.69, 9.17) is 9.47 Å². The molecule has 3 nitrogen and oxygen atoms in total. The third kappa shape index (κ3) is 3.73. The second-order valence-electron chi connectivity index (χ2n) is 4.29. The zero-order valence-corrected chi connectivity index (χ0v) is 11.3. The molecule has 2 rings (SSSR count). The number of anilines is 1. The molecular weight excluding hydrogens is 238 g/mol. The highest BCUT2D eigenvalue weighted by Gasteiger charge is 2.10. The number of ether oxygens (including phenoxy) is 2. The van der Waals surface area contributed by atoms with Crippen LogP contribution < -0.4 is 10.1 Å². The third-order valence-corrected chi connectivity index (χ3v) is 2.95. The molecule has 0 aromatic heterocycles. The molecule has 0 aliphatic heterocycles. The lowest BCUT2D eigenvalue weighted by atomic mass is 10.1. The standard InChI is InChI=1S/C16H19NO2/c1-18-12-16(13-7-4-3-5-8-13)17-14-9-6-10-15(11-14)19-2/h3-11,16-17H,12H2,1-2H3. The van der Waals surface area contributed by atoms with Crippen molar-refractivity contribution in [3.05, 3.63) is 60.2 Å². The third-order valence-electron chi connectivity index (χ3n) is 2.95. The van der Waals surface area contributed by atoms with Crippen molar-refractivity contribution in [3.8, 4) is 5.75 Å². The van der Waals surface area contributed by atoms with Gasteiger partial charge in [-0.05, 0) is 17.7 Å². The van der Waals surface area contributed by atoms with E-state index in [1.165, 1.54) is 5.56 Å². The van der Waals surface area contributed by atoms with Crippen LogP contribution in [0.3, 0.4) is 0 Å². The first-order valence-electron chi connectivity index (χ1n) is 6.28. The lowest BCUT2D eigenvalue weighted by molar-refractivity contribution is 0.186. The molecule has 0 aliphatic rings. The van der Waals surface area contributed by atoms with Crippen molar-refractivity contribution < 1.29 is 9.47 Å². The van der Waals surface area contributed by atoms with Crippen LogP contribution in [-0.2, 0) is 4.74 Å². The molecule has 100 valence electrons. The van der Waals surface area contributed by atoms with Gasteiger partial charge >= 0.3 is 0 Å². The first-order chi connectivity index (χ1) is 9.33. The summed E-state index contributed by atoms with van der Waals surface area (Å²) in [6.45, 7) is 0.612. The van der Waals surface area contributed by atoms with Crippen LogP contribution in [0.15, 0.2) is 54.6 Å². The summed E-state index contributed by atoms with van der Waals surface area (Å²) in [4.78, 5) is 0. The van der Waals surface area contributed by atoms with Crippen LogP contribution in [0.1, 0.15) is 11.6 Å². The summed E-state index contributed by atoms with van der Waals surface area (Å²) in [5.74, 6) is 0.842. The molecular formula is C16H19NO2. The number of nitrogens with one attached hydrogen (secondary N) is 1. The first kappa shape index (κ1) is 13.4. The topological polar surface area (TPSA) is 30.5 Å². The zero-order valence-electron chi connectivity index (χ0n) is 11.3. The van der Waals surface area contributed by atoms with E-state index in [1.807, 2.05) is 42.5 Å². The molecule has 0 spiro atoms. The zero-order chi connectivity index (χ0) is 13.5. The average molecular weight is 257 g/mol. The van der Waals surface area contributed by atoms with Gasteiger partial charge in [0.15, 0.2) is 0 Å². The highest BCUT2D eigenvalue weighted by Crippen LogP contribution is 2.23. The van der Waals surface area contributed by atoms with Crippen LogP contribution in [0.2, 0.25) is 0 Å². The van der Waals surface area contributed by atoms with Crippen molar-refractivity contribution in [1.82, 2.24) is 0 Å². The van der Waals surface area contributed by atoms with Gasteiger partial charge in [0.25, 0.3) is 0 Å². The molecule has 0 fully saturated rings. The van der Waals surface area contributed by atoms with Crippen LogP contribution in [0.5, 0.6) is 5.75 Å². The van der Waals surface area contributed by atoms with Gasteiger partial charge < -0.3 is 14.8 Å². The van der Waals surface area contributed by atoms with Gasteiger partial charge in [0.2, 0.25) is 0 Å². The van der Waals surface area contributed by atoms with Crippen LogP contribution in [0.4, 0.5) is 5.69 Å². The molecule has 0 aliphatic carbocycles. The van der Waals surface area contributed by atoms with E-state index < -0.39 is 0 Å². The predicted octanol–water partition coefficient (Wildman–Crippen LogP) is 3.49. The first-order valence-corrected chi connectivity index (χ1v) is 6.28. The number of rotatable bonds is 6. The van der Waals surface area contributed by atoms with Crippen molar-refractivity contribution >= 4 is 5.69 Å². The fourth-order valence-corrected chi connectivity index (χ4v) is 1.99. The summed E-state index contributed by atoms with van der Waals surface area (Å²) in [6.07, 6.45) is 0. The van der Waals surface area contributed by atoms with Gasteiger partial charge in [-0.25, -0.2) is 0 Å². The van der Waals surface area contributed by atoms with Crippen molar-refractivity contribution in [2.75, 3.05) is 26.1 Å². The van der Waals surface area contributed by atoms with Crippen LogP contribution in [0.25, 0.3) is 0 Å². The maximum absolute atomic E-state index is 5.29. The molecule has 1 atom stereocenters. The maximum atomic E-state index is 5.29. The van der Waals surface area contributed by atoms with Crippen molar-refractivity contribution in [1.29, 1.82) is 0 Å². The highest BCUT2D eigenvalue weighted by atomic mass is 16.5. The molecule has 0 saturated carbocycles. The van der Waals surface area contributed by atoms with Gasteiger partial charge in [0, 0.05) is 18.9 Å². The summed E-state index contributed by atoms with van der Waals surface area (Å²) in [6, 6.07) is 18.3. The van der Waals surface area contributed by atoms with Crippen molar-refractivity contribution in [2.45, 2.75) is 6.04 Å². The largest absolute Gasteiger partial charge is 0.497 e. The predicted molar refractivity (Wildman–Crippen MR) is 77.7 cm³/mol. The Balaban J connectivity index is 2.16. The van der Waals surface area contributed by atoms with E-state index in [0.29, 0.717) is 6.61 Å². The summed E-state index contributed by atoms with van der Waals surface area (Å²) < 4.78 is 10.5. The molecule has 0 saturated heterocycles. The highest BCUT2D eigenvalue weighted by molar-refractivity contribution is 5.50. The van der Waals surface area contributed by atoms with Gasteiger partial charge in [0.1, 0.15) is 5.75 Å². The fraction of sp³-hybridized carbons (Fsp3) is 0.250. The van der Waals surface area contributed by atoms with Crippen molar-refractivity contribution in [2.24, 2.45) is 0 Å². The Hall–Kier alpha value is -2.00. The quantitative estimate of drug-likeness (QED) is 0.859. The Labute approximate surface area is 114 Å². The molecule has 2 aromatic carbocycles. The summed E-state index contributed by atoms with van der Waals surface area (Å²) >= 11 is 0. The molecule has 0 amide bonds. The van der Waals surface area contributed by atoms with Crippen LogP contribution >= 0.6 is 0 Å². The van der Waals surface area contributed by atoms with E-state index in [0.717, 1.165) is 11.4 Å². The Bertz CT molecular complexity index is 499. The molecule has 2 aromatic rings. The number of hydrogen-bond donors (Lipinski definition) is 1. The summed E-state index contributed by atoms with van der Waals surface area (Å²) in [7, 11) is 3.38. The van der Waals surface area contributed by atoms with Gasteiger partial charge in [-0.3, -0.25) is 0 Å². The number of benzene rings is 2. The molecule has 1 N–H and O–H groups in total. The molecule has 0 bridgehead atoms. The smallest absolute Gasteiger partial charge is 0.120 e. The van der Waals surface area contributed by atoms with Gasteiger partial charge in [-0.15, -0.1) is 0 Å². The van der Waals surface area contributed by atoms with Gasteiger partial charge in [-0.1, -0.05) is 36.4 Å². The lowest BCUT2D eigenvalue weighted by Gasteiger charge is -2.20. The average Bonchev–Trinajstić information content (AvgIpc) is 2.48. The SMILES string of the molecule is COCC(Nc1cccc(OC)c1)c1ccccc1. The minimum atomic E-state index is 0.123.